The Balaban J connectivity index is 2.18. The molecule has 2 rings (SSSR count). The zero-order chi connectivity index (χ0) is 9.26. The minimum Gasteiger partial charge on any atom is -0.480 e. The zero-order valence-corrected chi connectivity index (χ0v) is 6.99. The first-order valence-corrected chi connectivity index (χ1v) is 4.06. The second-order valence-corrected chi connectivity index (χ2v) is 2.93. The minimum absolute atomic E-state index is 0.281. The second-order valence-electron chi connectivity index (χ2n) is 2.93. The van der Waals surface area contributed by atoms with Crippen molar-refractivity contribution < 1.29 is 9.53 Å². The molecule has 0 saturated carbocycles. The van der Waals surface area contributed by atoms with Crippen molar-refractivity contribution in [2.75, 3.05) is 0 Å². The van der Waals surface area contributed by atoms with Gasteiger partial charge in [0.05, 0.1) is 0 Å². The molecular formula is C9H10N2O2. The third-order valence-corrected chi connectivity index (χ3v) is 2.08. The molecule has 1 atom stereocenters. The fraction of sp³-hybridized carbons (Fsp3) is 0.222. The van der Waals surface area contributed by atoms with Crippen molar-refractivity contribution in [3.8, 4) is 5.75 Å². The van der Waals surface area contributed by atoms with Gasteiger partial charge in [-0.05, 0) is 11.6 Å². The van der Waals surface area contributed by atoms with Crippen molar-refractivity contribution in [1.29, 1.82) is 0 Å². The van der Waals surface area contributed by atoms with E-state index in [2.05, 4.69) is 5.43 Å². The molecule has 0 unspecified atom stereocenters. The summed E-state index contributed by atoms with van der Waals surface area (Å²) in [6, 6.07) is 7.59. The largest absolute Gasteiger partial charge is 0.480 e. The van der Waals surface area contributed by atoms with E-state index in [1.165, 1.54) is 0 Å². The monoisotopic (exact) mass is 178 g/mol. The number of carbonyl (C=O) groups excluding carboxylic acids is 1. The summed E-state index contributed by atoms with van der Waals surface area (Å²) in [7, 11) is 0. The Kier molecular flexibility index (Phi) is 1.90. The van der Waals surface area contributed by atoms with Crippen LogP contribution in [0, 0.1) is 0 Å². The van der Waals surface area contributed by atoms with E-state index in [1.54, 1.807) is 0 Å². The molecule has 1 aliphatic rings. The van der Waals surface area contributed by atoms with Crippen LogP contribution in [0.5, 0.6) is 5.75 Å². The molecule has 0 saturated heterocycles. The Morgan fingerprint density at radius 1 is 1.54 bits per heavy atom. The summed E-state index contributed by atoms with van der Waals surface area (Å²) in [6.07, 6.45) is 0.126. The van der Waals surface area contributed by atoms with Crippen LogP contribution in [0.15, 0.2) is 24.3 Å². The number of hydrazine groups is 1. The normalized spacial score (nSPS) is 19.0. The average Bonchev–Trinajstić information content (AvgIpc) is 2.59. The van der Waals surface area contributed by atoms with Gasteiger partial charge >= 0.3 is 0 Å². The highest BCUT2D eigenvalue weighted by Gasteiger charge is 2.27. The number of rotatable bonds is 1. The lowest BCUT2D eigenvalue weighted by Crippen LogP contribution is -2.41. The number of para-hydroxylation sites is 1. The van der Waals surface area contributed by atoms with Crippen LogP contribution in [-0.2, 0) is 11.2 Å². The van der Waals surface area contributed by atoms with Gasteiger partial charge in [-0.2, -0.15) is 0 Å². The van der Waals surface area contributed by atoms with Gasteiger partial charge < -0.3 is 4.74 Å². The average molecular weight is 178 g/mol. The van der Waals surface area contributed by atoms with Crippen LogP contribution < -0.4 is 16.0 Å². The molecule has 1 amide bonds. The van der Waals surface area contributed by atoms with Crippen molar-refractivity contribution >= 4 is 5.91 Å². The molecule has 13 heavy (non-hydrogen) atoms. The highest BCUT2D eigenvalue weighted by atomic mass is 16.5. The van der Waals surface area contributed by atoms with E-state index >= 15 is 0 Å². The van der Waals surface area contributed by atoms with E-state index in [-0.39, 0.29) is 5.91 Å². The van der Waals surface area contributed by atoms with E-state index in [0.717, 1.165) is 11.3 Å². The molecule has 68 valence electrons. The molecule has 0 aliphatic carbocycles. The number of carbonyl (C=O) groups is 1. The zero-order valence-electron chi connectivity index (χ0n) is 6.99. The maximum Gasteiger partial charge on any atom is 0.275 e. The van der Waals surface area contributed by atoms with E-state index in [4.69, 9.17) is 10.6 Å². The Morgan fingerprint density at radius 3 is 3.00 bits per heavy atom. The summed E-state index contributed by atoms with van der Waals surface area (Å²) in [6.45, 7) is 0. The number of fused-ring (bicyclic) bond motifs is 1. The van der Waals surface area contributed by atoms with Crippen molar-refractivity contribution in [3.63, 3.8) is 0 Å². The molecule has 1 aromatic rings. The predicted molar refractivity (Wildman–Crippen MR) is 46.9 cm³/mol. The molecule has 1 aliphatic heterocycles. The van der Waals surface area contributed by atoms with Crippen LogP contribution in [0.4, 0.5) is 0 Å². The first kappa shape index (κ1) is 8.07. The van der Waals surface area contributed by atoms with Crippen molar-refractivity contribution in [1.82, 2.24) is 5.43 Å². The SMILES string of the molecule is NNC(=O)[C@@H]1Cc2ccccc2O1. The quantitative estimate of drug-likeness (QED) is 0.361. The number of nitrogens with two attached hydrogens (primary N) is 1. The third kappa shape index (κ3) is 1.36. The Bertz CT molecular complexity index is 313. The second kappa shape index (κ2) is 3.06. The molecular weight excluding hydrogens is 168 g/mol. The molecule has 0 fully saturated rings. The minimum atomic E-state index is -0.470. The Labute approximate surface area is 75.7 Å². The molecule has 4 nitrogen and oxygen atoms in total. The van der Waals surface area contributed by atoms with Crippen molar-refractivity contribution in [2.45, 2.75) is 12.5 Å². The number of benzene rings is 1. The van der Waals surface area contributed by atoms with Gasteiger partial charge in [0, 0.05) is 6.42 Å². The van der Waals surface area contributed by atoms with Gasteiger partial charge in [-0.15, -0.1) is 0 Å². The first-order chi connectivity index (χ1) is 6.31. The lowest BCUT2D eigenvalue weighted by atomic mass is 10.1. The summed E-state index contributed by atoms with van der Waals surface area (Å²) in [5.41, 5.74) is 3.13. The van der Waals surface area contributed by atoms with Crippen LogP contribution in [0.3, 0.4) is 0 Å². The molecule has 4 heteroatoms. The number of hydrogen-bond donors (Lipinski definition) is 2. The maximum atomic E-state index is 11.1. The van der Waals surface area contributed by atoms with Gasteiger partial charge in [0.25, 0.3) is 5.91 Å². The highest BCUT2D eigenvalue weighted by molar-refractivity contribution is 5.81. The molecule has 0 spiro atoms. The third-order valence-electron chi connectivity index (χ3n) is 2.08. The molecule has 1 heterocycles. The number of nitrogens with one attached hydrogen (secondary N) is 1. The number of hydrogen-bond acceptors (Lipinski definition) is 3. The summed E-state index contributed by atoms with van der Waals surface area (Å²) >= 11 is 0. The Morgan fingerprint density at radius 2 is 2.31 bits per heavy atom. The van der Waals surface area contributed by atoms with Gasteiger partial charge in [-0.25, -0.2) is 5.84 Å². The van der Waals surface area contributed by atoms with E-state index in [0.29, 0.717) is 6.42 Å². The summed E-state index contributed by atoms with van der Waals surface area (Å²) < 4.78 is 5.37. The highest BCUT2D eigenvalue weighted by Crippen LogP contribution is 2.27. The van der Waals surface area contributed by atoms with Crippen LogP contribution in [0.1, 0.15) is 5.56 Å². The fourth-order valence-electron chi connectivity index (χ4n) is 1.42. The van der Waals surface area contributed by atoms with Crippen molar-refractivity contribution in [2.24, 2.45) is 5.84 Å². The Hall–Kier alpha value is -1.55. The van der Waals surface area contributed by atoms with Crippen LogP contribution in [-0.4, -0.2) is 12.0 Å². The fourth-order valence-corrected chi connectivity index (χ4v) is 1.42. The standard InChI is InChI=1S/C9H10N2O2/c10-11-9(12)8-5-6-3-1-2-4-7(6)13-8/h1-4,8H,5,10H2,(H,11,12)/t8-/m0/s1. The van der Waals surface area contributed by atoms with Gasteiger partial charge in [0.1, 0.15) is 5.75 Å². The summed E-state index contributed by atoms with van der Waals surface area (Å²) in [5.74, 6) is 5.50. The molecule has 1 aromatic carbocycles. The van der Waals surface area contributed by atoms with Gasteiger partial charge in [-0.1, -0.05) is 18.2 Å². The topological polar surface area (TPSA) is 64.3 Å². The lowest BCUT2D eigenvalue weighted by molar-refractivity contribution is -0.127. The van der Waals surface area contributed by atoms with Gasteiger partial charge in [0.15, 0.2) is 6.10 Å². The van der Waals surface area contributed by atoms with Gasteiger partial charge in [0.2, 0.25) is 0 Å². The van der Waals surface area contributed by atoms with E-state index < -0.39 is 6.10 Å². The molecule has 3 N–H and O–H groups in total. The smallest absolute Gasteiger partial charge is 0.275 e. The molecule has 0 bridgehead atoms. The number of amides is 1. The van der Waals surface area contributed by atoms with E-state index in [1.807, 2.05) is 24.3 Å². The summed E-state index contributed by atoms with van der Waals surface area (Å²) in [5, 5.41) is 0. The predicted octanol–water partition coefficient (Wildman–Crippen LogP) is -0.0200. The van der Waals surface area contributed by atoms with Crippen LogP contribution in [0.25, 0.3) is 0 Å². The molecule has 0 radical (unpaired) electrons. The van der Waals surface area contributed by atoms with E-state index in [9.17, 15) is 4.79 Å². The maximum absolute atomic E-state index is 11.1. The number of ether oxygens (including phenoxy) is 1. The van der Waals surface area contributed by atoms with Gasteiger partial charge in [-0.3, -0.25) is 10.2 Å². The van der Waals surface area contributed by atoms with Crippen molar-refractivity contribution in [3.05, 3.63) is 29.8 Å². The first-order valence-electron chi connectivity index (χ1n) is 4.06. The van der Waals surface area contributed by atoms with Crippen LogP contribution >= 0.6 is 0 Å². The molecule has 0 aromatic heterocycles. The summed E-state index contributed by atoms with van der Waals surface area (Å²) in [4.78, 5) is 11.1. The lowest BCUT2D eigenvalue weighted by Gasteiger charge is -2.07. The van der Waals surface area contributed by atoms with Crippen LogP contribution in [0.2, 0.25) is 0 Å².